The number of aryl methyl sites for hydroxylation is 1. The van der Waals surface area contributed by atoms with E-state index in [0.29, 0.717) is 5.82 Å². The van der Waals surface area contributed by atoms with Gasteiger partial charge in [-0.2, -0.15) is 0 Å². The SMILES string of the molecule is Cc1nc(SC(C(=O)NC(N)=O)C(C)C)c2c(-c3cccs3)csc2n1. The molecule has 0 fully saturated rings. The third kappa shape index (κ3) is 3.89. The summed E-state index contributed by atoms with van der Waals surface area (Å²) in [6, 6.07) is 3.21. The van der Waals surface area contributed by atoms with Crippen LogP contribution in [0.3, 0.4) is 0 Å². The highest BCUT2D eigenvalue weighted by atomic mass is 32.2. The van der Waals surface area contributed by atoms with Gasteiger partial charge in [0.25, 0.3) is 0 Å². The Kier molecular flexibility index (Phi) is 5.59. The Morgan fingerprint density at radius 3 is 2.65 bits per heavy atom. The molecule has 0 aliphatic rings. The van der Waals surface area contributed by atoms with Crippen molar-refractivity contribution in [1.82, 2.24) is 15.3 Å². The van der Waals surface area contributed by atoms with Gasteiger partial charge < -0.3 is 5.73 Å². The largest absolute Gasteiger partial charge is 0.351 e. The summed E-state index contributed by atoms with van der Waals surface area (Å²) in [7, 11) is 0. The molecule has 136 valence electrons. The molecule has 0 bridgehead atoms. The van der Waals surface area contributed by atoms with Crippen LogP contribution in [0.25, 0.3) is 20.7 Å². The van der Waals surface area contributed by atoms with Gasteiger partial charge in [-0.3, -0.25) is 10.1 Å². The first-order chi connectivity index (χ1) is 12.4. The third-order valence-electron chi connectivity index (χ3n) is 3.65. The number of imide groups is 1. The van der Waals surface area contributed by atoms with Gasteiger partial charge in [-0.1, -0.05) is 31.7 Å². The van der Waals surface area contributed by atoms with Crippen molar-refractivity contribution in [2.45, 2.75) is 31.0 Å². The lowest BCUT2D eigenvalue weighted by Crippen LogP contribution is -2.42. The normalized spacial score (nSPS) is 12.5. The van der Waals surface area contributed by atoms with Gasteiger partial charge in [0.05, 0.1) is 10.6 Å². The predicted octanol–water partition coefficient (Wildman–Crippen LogP) is 4.04. The molecule has 9 heteroatoms. The number of nitrogens with one attached hydrogen (secondary N) is 1. The van der Waals surface area contributed by atoms with Crippen LogP contribution in [0.15, 0.2) is 27.9 Å². The molecule has 3 aromatic rings. The molecular formula is C17H18N4O2S3. The Morgan fingerprint density at radius 1 is 1.27 bits per heavy atom. The average molecular weight is 407 g/mol. The molecule has 3 rings (SSSR count). The molecule has 0 saturated carbocycles. The first-order valence-corrected chi connectivity index (χ1v) is 10.6. The number of rotatable bonds is 5. The van der Waals surface area contributed by atoms with Crippen molar-refractivity contribution >= 4 is 56.6 Å². The predicted molar refractivity (Wildman–Crippen MR) is 108 cm³/mol. The number of carbonyl (C=O) groups is 2. The number of carbonyl (C=O) groups excluding carboxylic acids is 2. The maximum absolute atomic E-state index is 12.4. The Balaban J connectivity index is 2.07. The number of thioether (sulfide) groups is 1. The highest BCUT2D eigenvalue weighted by Gasteiger charge is 2.27. The van der Waals surface area contributed by atoms with E-state index in [1.807, 2.05) is 32.2 Å². The smallest absolute Gasteiger partial charge is 0.318 e. The van der Waals surface area contributed by atoms with Crippen LogP contribution in [0.4, 0.5) is 4.79 Å². The van der Waals surface area contributed by atoms with Crippen LogP contribution in [0.1, 0.15) is 19.7 Å². The van der Waals surface area contributed by atoms with Crippen molar-refractivity contribution in [3.05, 3.63) is 28.7 Å². The second-order valence-corrected chi connectivity index (χ2v) is 8.95. The van der Waals surface area contributed by atoms with Crippen LogP contribution in [0, 0.1) is 12.8 Å². The number of hydrogen-bond acceptors (Lipinski definition) is 7. The lowest BCUT2D eigenvalue weighted by atomic mass is 10.1. The van der Waals surface area contributed by atoms with Crippen LogP contribution >= 0.6 is 34.4 Å². The van der Waals surface area contributed by atoms with Crippen molar-refractivity contribution in [1.29, 1.82) is 0 Å². The number of nitrogens with two attached hydrogens (primary N) is 1. The van der Waals surface area contributed by atoms with Crippen molar-refractivity contribution < 1.29 is 9.59 Å². The van der Waals surface area contributed by atoms with Crippen LogP contribution < -0.4 is 11.1 Å². The summed E-state index contributed by atoms with van der Waals surface area (Å²) in [6.45, 7) is 5.69. The number of thiophene rings is 2. The fourth-order valence-corrected chi connectivity index (χ4v) is 5.57. The van der Waals surface area contributed by atoms with E-state index in [4.69, 9.17) is 5.73 Å². The summed E-state index contributed by atoms with van der Waals surface area (Å²) in [6.07, 6.45) is 0. The molecule has 3 aromatic heterocycles. The molecule has 3 heterocycles. The van der Waals surface area contributed by atoms with Gasteiger partial charge in [0, 0.05) is 15.8 Å². The van der Waals surface area contributed by atoms with E-state index in [9.17, 15) is 9.59 Å². The monoisotopic (exact) mass is 406 g/mol. The second kappa shape index (κ2) is 7.73. The standard InChI is InChI=1S/C17H18N4O2S3/c1-8(2)13(14(22)21-17(18)23)26-16-12-10(11-5-4-6-24-11)7-25-15(12)19-9(3)20-16/h4-8,13H,1-3H3,(H3,18,21,22,23). The lowest BCUT2D eigenvalue weighted by molar-refractivity contribution is -0.120. The zero-order chi connectivity index (χ0) is 18.8. The summed E-state index contributed by atoms with van der Waals surface area (Å²) >= 11 is 4.56. The topological polar surface area (TPSA) is 98.0 Å². The zero-order valence-corrected chi connectivity index (χ0v) is 16.9. The number of fused-ring (bicyclic) bond motifs is 1. The van der Waals surface area contributed by atoms with Gasteiger partial charge in [0.1, 0.15) is 15.7 Å². The van der Waals surface area contributed by atoms with Crippen molar-refractivity contribution in [3.8, 4) is 10.4 Å². The van der Waals surface area contributed by atoms with E-state index >= 15 is 0 Å². The highest BCUT2D eigenvalue weighted by Crippen LogP contribution is 2.41. The van der Waals surface area contributed by atoms with Crippen LogP contribution in [-0.4, -0.2) is 27.2 Å². The van der Waals surface area contributed by atoms with Gasteiger partial charge in [0.2, 0.25) is 5.91 Å². The van der Waals surface area contributed by atoms with Crippen LogP contribution in [0.5, 0.6) is 0 Å². The third-order valence-corrected chi connectivity index (χ3v) is 6.95. The molecule has 1 unspecified atom stereocenters. The Bertz CT molecular complexity index is 950. The average Bonchev–Trinajstić information content (AvgIpc) is 3.19. The van der Waals surface area contributed by atoms with Gasteiger partial charge in [0.15, 0.2) is 0 Å². The lowest BCUT2D eigenvalue weighted by Gasteiger charge is -2.19. The Labute approximate surface area is 163 Å². The molecule has 26 heavy (non-hydrogen) atoms. The summed E-state index contributed by atoms with van der Waals surface area (Å²) in [4.78, 5) is 34.6. The van der Waals surface area contributed by atoms with Gasteiger partial charge in [-0.25, -0.2) is 14.8 Å². The number of urea groups is 1. The first-order valence-electron chi connectivity index (χ1n) is 7.93. The molecule has 3 N–H and O–H groups in total. The minimum Gasteiger partial charge on any atom is -0.351 e. The number of primary amides is 1. The van der Waals surface area contributed by atoms with Crippen LogP contribution in [-0.2, 0) is 4.79 Å². The van der Waals surface area contributed by atoms with Crippen LogP contribution in [0.2, 0.25) is 0 Å². The quantitative estimate of drug-likeness (QED) is 0.492. The molecule has 0 aromatic carbocycles. The summed E-state index contributed by atoms with van der Waals surface area (Å²) in [5, 5.41) is 7.49. The minimum absolute atomic E-state index is 0.00602. The molecule has 0 saturated heterocycles. The van der Waals surface area contributed by atoms with Crippen molar-refractivity contribution in [2.24, 2.45) is 11.7 Å². The Hall–Kier alpha value is -1.97. The van der Waals surface area contributed by atoms with Gasteiger partial charge >= 0.3 is 6.03 Å². The summed E-state index contributed by atoms with van der Waals surface area (Å²) < 4.78 is 0. The molecule has 3 amide bonds. The van der Waals surface area contributed by atoms with E-state index in [2.05, 4.69) is 26.7 Å². The highest BCUT2D eigenvalue weighted by molar-refractivity contribution is 8.00. The second-order valence-electron chi connectivity index (χ2n) is 6.02. The summed E-state index contributed by atoms with van der Waals surface area (Å²) in [5.74, 6) is 0.237. The fraction of sp³-hybridized carbons (Fsp3) is 0.294. The molecule has 0 aliphatic carbocycles. The molecule has 6 nitrogen and oxygen atoms in total. The maximum Gasteiger partial charge on any atom is 0.318 e. The maximum atomic E-state index is 12.4. The number of aromatic nitrogens is 2. The molecule has 0 spiro atoms. The minimum atomic E-state index is -0.847. The molecule has 0 aliphatic heterocycles. The number of amides is 3. The summed E-state index contributed by atoms with van der Waals surface area (Å²) in [5.41, 5.74) is 6.18. The molecular weight excluding hydrogens is 388 g/mol. The van der Waals surface area contributed by atoms with Crippen molar-refractivity contribution in [3.63, 3.8) is 0 Å². The van der Waals surface area contributed by atoms with E-state index in [0.717, 1.165) is 25.7 Å². The van der Waals surface area contributed by atoms with E-state index in [-0.39, 0.29) is 5.92 Å². The molecule has 0 radical (unpaired) electrons. The van der Waals surface area contributed by atoms with Gasteiger partial charge in [-0.15, -0.1) is 22.7 Å². The van der Waals surface area contributed by atoms with E-state index < -0.39 is 17.2 Å². The van der Waals surface area contributed by atoms with Crippen molar-refractivity contribution in [2.75, 3.05) is 0 Å². The Morgan fingerprint density at radius 2 is 2.04 bits per heavy atom. The zero-order valence-electron chi connectivity index (χ0n) is 14.5. The first kappa shape index (κ1) is 18.8. The fourth-order valence-electron chi connectivity index (χ4n) is 2.52. The van der Waals surface area contributed by atoms with Gasteiger partial charge in [-0.05, 0) is 24.3 Å². The van der Waals surface area contributed by atoms with E-state index in [1.54, 1.807) is 22.7 Å². The number of hydrogen-bond donors (Lipinski definition) is 2. The number of nitrogens with zero attached hydrogens (tertiary/aromatic N) is 2. The molecule has 1 atom stereocenters. The van der Waals surface area contributed by atoms with E-state index in [1.165, 1.54) is 11.8 Å².